The van der Waals surface area contributed by atoms with Crippen LogP contribution in [0.2, 0.25) is 0 Å². The molecular weight excluding hydrogens is 262 g/mol. The van der Waals surface area contributed by atoms with Crippen LogP contribution in [0.3, 0.4) is 0 Å². The van der Waals surface area contributed by atoms with Crippen molar-refractivity contribution >= 4 is 11.3 Å². The van der Waals surface area contributed by atoms with Gasteiger partial charge in [0.05, 0.1) is 5.69 Å². The molecule has 21 heavy (non-hydrogen) atoms. The van der Waals surface area contributed by atoms with Crippen LogP contribution in [0.5, 0.6) is 0 Å². The molecule has 0 spiro atoms. The van der Waals surface area contributed by atoms with Gasteiger partial charge in [-0.05, 0) is 44.3 Å². The third kappa shape index (κ3) is 2.88. The van der Waals surface area contributed by atoms with E-state index in [0.717, 1.165) is 42.6 Å². The summed E-state index contributed by atoms with van der Waals surface area (Å²) in [5.41, 5.74) is 2.27. The Morgan fingerprint density at radius 2 is 2.10 bits per heavy atom. The van der Waals surface area contributed by atoms with Gasteiger partial charge in [0.25, 0.3) is 0 Å². The van der Waals surface area contributed by atoms with Crippen molar-refractivity contribution in [1.82, 2.24) is 19.9 Å². The third-order valence-corrected chi connectivity index (χ3v) is 4.39. The Kier molecular flexibility index (Phi) is 4.10. The zero-order valence-electron chi connectivity index (χ0n) is 13.2. The lowest BCUT2D eigenvalue weighted by molar-refractivity contribution is 0.392. The van der Waals surface area contributed by atoms with E-state index in [1.807, 2.05) is 24.0 Å². The first kappa shape index (κ1) is 14.3. The Hall–Kier alpha value is -1.62. The molecule has 3 rings (SSSR count). The Bertz CT molecular complexity index is 596. The molecule has 1 saturated heterocycles. The van der Waals surface area contributed by atoms with Crippen molar-refractivity contribution in [2.24, 2.45) is 5.92 Å². The summed E-state index contributed by atoms with van der Waals surface area (Å²) in [4.78, 5) is 7.03. The molecule has 0 radical (unpaired) electrons. The maximum Gasteiger partial charge on any atom is 0.154 e. The molecule has 2 aromatic heterocycles. The van der Waals surface area contributed by atoms with Crippen LogP contribution in [0.25, 0.3) is 5.52 Å². The molecule has 1 aliphatic rings. The van der Waals surface area contributed by atoms with Crippen molar-refractivity contribution in [3.8, 4) is 0 Å². The lowest BCUT2D eigenvalue weighted by Crippen LogP contribution is -2.37. The fraction of sp³-hybridized carbons (Fsp3) is 0.625. The van der Waals surface area contributed by atoms with E-state index in [0.29, 0.717) is 5.92 Å². The average molecular weight is 287 g/mol. The van der Waals surface area contributed by atoms with Gasteiger partial charge in [0.15, 0.2) is 5.82 Å². The molecule has 0 aliphatic carbocycles. The number of nitrogens with zero attached hydrogens (tertiary/aromatic N) is 4. The second-order valence-electron chi connectivity index (χ2n) is 6.29. The van der Waals surface area contributed by atoms with E-state index in [9.17, 15) is 0 Å². The van der Waals surface area contributed by atoms with E-state index in [1.165, 1.54) is 12.8 Å². The first-order chi connectivity index (χ1) is 10.2. The third-order valence-electron chi connectivity index (χ3n) is 4.39. The Morgan fingerprint density at radius 1 is 1.33 bits per heavy atom. The van der Waals surface area contributed by atoms with Crippen molar-refractivity contribution in [2.75, 3.05) is 31.6 Å². The monoisotopic (exact) mass is 287 g/mol. The predicted molar refractivity (Wildman–Crippen MR) is 85.9 cm³/mol. The predicted octanol–water partition coefficient (Wildman–Crippen LogP) is 2.29. The average Bonchev–Trinajstić information content (AvgIpc) is 2.93. The van der Waals surface area contributed by atoms with E-state index in [4.69, 9.17) is 0 Å². The number of nitrogens with one attached hydrogen (secondary N) is 1. The highest BCUT2D eigenvalue weighted by atomic mass is 15.3. The second-order valence-corrected chi connectivity index (χ2v) is 6.29. The molecule has 3 heterocycles. The fourth-order valence-electron chi connectivity index (χ4n) is 3.09. The largest absolute Gasteiger partial charge is 0.355 e. The first-order valence-electron chi connectivity index (χ1n) is 7.93. The molecule has 0 bridgehead atoms. The topological polar surface area (TPSA) is 45.5 Å². The molecule has 0 aromatic carbocycles. The van der Waals surface area contributed by atoms with Crippen LogP contribution in [-0.2, 0) is 0 Å². The second kappa shape index (κ2) is 6.02. The van der Waals surface area contributed by atoms with E-state index in [-0.39, 0.29) is 0 Å². The molecule has 114 valence electrons. The van der Waals surface area contributed by atoms with E-state index in [1.54, 1.807) is 0 Å². The van der Waals surface area contributed by atoms with Gasteiger partial charge in [0.2, 0.25) is 0 Å². The Morgan fingerprint density at radius 3 is 2.76 bits per heavy atom. The summed E-state index contributed by atoms with van der Waals surface area (Å²) in [6, 6.07) is 2.19. The van der Waals surface area contributed by atoms with Crippen molar-refractivity contribution in [3.63, 3.8) is 0 Å². The number of fused-ring (bicyclic) bond motifs is 1. The Labute approximate surface area is 126 Å². The van der Waals surface area contributed by atoms with E-state index < -0.39 is 0 Å². The number of piperidine rings is 1. The minimum Gasteiger partial charge on any atom is -0.355 e. The number of aromatic nitrogens is 3. The number of hydrogen-bond donors (Lipinski definition) is 1. The summed E-state index contributed by atoms with van der Waals surface area (Å²) in [7, 11) is 2.04. The zero-order valence-corrected chi connectivity index (χ0v) is 13.2. The molecule has 2 aromatic rings. The molecule has 1 aliphatic heterocycles. The molecule has 0 amide bonds. The number of rotatable bonds is 4. The summed E-state index contributed by atoms with van der Waals surface area (Å²) in [5.74, 6) is 2.32. The van der Waals surface area contributed by atoms with Crippen LogP contribution in [-0.4, -0.2) is 41.3 Å². The quantitative estimate of drug-likeness (QED) is 0.937. The fourth-order valence-corrected chi connectivity index (χ4v) is 3.09. The van der Waals surface area contributed by atoms with Gasteiger partial charge in [0, 0.05) is 25.5 Å². The maximum absolute atomic E-state index is 4.65. The maximum atomic E-state index is 4.65. The summed E-state index contributed by atoms with van der Waals surface area (Å²) in [5, 5.41) is 7.94. The molecule has 1 N–H and O–H groups in total. The smallest absolute Gasteiger partial charge is 0.154 e. The lowest BCUT2D eigenvalue weighted by Gasteiger charge is -2.32. The highest BCUT2D eigenvalue weighted by Gasteiger charge is 2.22. The molecule has 0 atom stereocenters. The standard InChI is InChI=1S/C16H25N5/c1-12(2)14-10-15-16(18-6-9-21(15)19-14)20-7-4-13(5-8-20)11-17-3/h6,9-10,12-13,17H,4-5,7-8,11H2,1-3H3. The van der Waals surface area contributed by atoms with Gasteiger partial charge in [0.1, 0.15) is 5.52 Å². The minimum atomic E-state index is 0.444. The molecule has 0 saturated carbocycles. The van der Waals surface area contributed by atoms with Crippen LogP contribution in [0.15, 0.2) is 18.5 Å². The van der Waals surface area contributed by atoms with Crippen molar-refractivity contribution in [3.05, 3.63) is 24.2 Å². The highest BCUT2D eigenvalue weighted by Crippen LogP contribution is 2.26. The van der Waals surface area contributed by atoms with Crippen molar-refractivity contribution in [1.29, 1.82) is 0 Å². The van der Waals surface area contributed by atoms with Crippen molar-refractivity contribution in [2.45, 2.75) is 32.6 Å². The Balaban J connectivity index is 1.84. The van der Waals surface area contributed by atoms with Gasteiger partial charge in [-0.25, -0.2) is 9.50 Å². The van der Waals surface area contributed by atoms with Gasteiger partial charge in [-0.15, -0.1) is 0 Å². The van der Waals surface area contributed by atoms with E-state index in [2.05, 4.69) is 40.2 Å². The van der Waals surface area contributed by atoms with Crippen LogP contribution in [0.4, 0.5) is 5.82 Å². The van der Waals surface area contributed by atoms with Gasteiger partial charge < -0.3 is 10.2 Å². The van der Waals surface area contributed by atoms with Gasteiger partial charge >= 0.3 is 0 Å². The molecule has 5 heteroatoms. The van der Waals surface area contributed by atoms with E-state index >= 15 is 0 Å². The molecular formula is C16H25N5. The van der Waals surface area contributed by atoms with Gasteiger partial charge in [-0.2, -0.15) is 5.10 Å². The summed E-state index contributed by atoms with van der Waals surface area (Å²) < 4.78 is 1.97. The van der Waals surface area contributed by atoms with Crippen LogP contribution in [0, 0.1) is 5.92 Å². The van der Waals surface area contributed by atoms with Gasteiger partial charge in [-0.1, -0.05) is 13.8 Å². The number of anilines is 1. The molecule has 1 fully saturated rings. The normalized spacial score (nSPS) is 17.0. The van der Waals surface area contributed by atoms with Gasteiger partial charge in [-0.3, -0.25) is 0 Å². The number of hydrogen-bond acceptors (Lipinski definition) is 4. The van der Waals surface area contributed by atoms with Crippen molar-refractivity contribution < 1.29 is 0 Å². The molecule has 5 nitrogen and oxygen atoms in total. The lowest BCUT2D eigenvalue weighted by atomic mass is 9.97. The molecule has 0 unspecified atom stereocenters. The minimum absolute atomic E-state index is 0.444. The summed E-state index contributed by atoms with van der Waals surface area (Å²) >= 11 is 0. The summed E-state index contributed by atoms with van der Waals surface area (Å²) in [6.07, 6.45) is 6.26. The van der Waals surface area contributed by atoms with Crippen LogP contribution in [0.1, 0.15) is 38.3 Å². The van der Waals surface area contributed by atoms with Crippen LogP contribution >= 0.6 is 0 Å². The summed E-state index contributed by atoms with van der Waals surface area (Å²) in [6.45, 7) is 7.65. The van der Waals surface area contributed by atoms with Crippen LogP contribution < -0.4 is 10.2 Å². The zero-order chi connectivity index (χ0) is 14.8. The first-order valence-corrected chi connectivity index (χ1v) is 7.93. The SMILES string of the molecule is CNCC1CCN(c2nccn3nc(C(C)C)cc23)CC1. The highest BCUT2D eigenvalue weighted by molar-refractivity contribution is 5.69.